The lowest BCUT2D eigenvalue weighted by Crippen LogP contribution is -2.50. The first-order chi connectivity index (χ1) is 14.5. The number of nitrogens with zero attached hydrogens (tertiary/aromatic N) is 4. The third kappa shape index (κ3) is 4.89. The number of halogens is 2. The Morgan fingerprint density at radius 2 is 1.83 bits per heavy atom. The molecule has 2 aromatic carbocycles. The van der Waals surface area contributed by atoms with Gasteiger partial charge in [0, 0.05) is 36.9 Å². The van der Waals surface area contributed by atoms with Gasteiger partial charge < -0.3 is 4.90 Å². The molecule has 0 spiro atoms. The maximum atomic E-state index is 13.1. The molecule has 5 nitrogen and oxygen atoms in total. The van der Waals surface area contributed by atoms with Crippen LogP contribution in [0, 0.1) is 5.82 Å². The van der Waals surface area contributed by atoms with Crippen molar-refractivity contribution >= 4 is 35.0 Å². The van der Waals surface area contributed by atoms with Gasteiger partial charge in [-0.3, -0.25) is 9.69 Å². The van der Waals surface area contributed by atoms with E-state index >= 15 is 0 Å². The summed E-state index contributed by atoms with van der Waals surface area (Å²) in [7, 11) is 0. The van der Waals surface area contributed by atoms with Crippen LogP contribution in [0.15, 0.2) is 59.2 Å². The Morgan fingerprint density at radius 1 is 1.10 bits per heavy atom. The van der Waals surface area contributed by atoms with Crippen molar-refractivity contribution in [3.8, 4) is 0 Å². The Kier molecular flexibility index (Phi) is 6.16. The molecule has 0 aromatic heterocycles. The highest BCUT2D eigenvalue weighted by Gasteiger charge is 2.26. The highest BCUT2D eigenvalue weighted by Crippen LogP contribution is 2.22. The van der Waals surface area contributed by atoms with E-state index in [2.05, 4.69) is 21.0 Å². The van der Waals surface area contributed by atoms with Crippen LogP contribution in [0.5, 0.6) is 0 Å². The summed E-state index contributed by atoms with van der Waals surface area (Å²) in [5.74, 6) is -0.296. The van der Waals surface area contributed by atoms with Crippen LogP contribution >= 0.6 is 11.6 Å². The summed E-state index contributed by atoms with van der Waals surface area (Å²) in [5.41, 5.74) is 3.67. The molecule has 2 aliphatic heterocycles. The van der Waals surface area contributed by atoms with Gasteiger partial charge in [0.2, 0.25) is 5.91 Å². The summed E-state index contributed by atoms with van der Waals surface area (Å²) >= 11 is 6.10. The zero-order valence-electron chi connectivity index (χ0n) is 16.9. The van der Waals surface area contributed by atoms with Crippen LogP contribution < -0.4 is 4.90 Å². The zero-order valence-corrected chi connectivity index (χ0v) is 17.6. The SMILES string of the molecule is CC1=NN(CN2CCN(c3cccc(Cl)c3)CC2)C(=O)C/C1=C/c1ccc(F)cc1. The molecule has 0 unspecified atom stereocenters. The van der Waals surface area contributed by atoms with Crippen molar-refractivity contribution in [1.82, 2.24) is 9.91 Å². The van der Waals surface area contributed by atoms with E-state index in [0.29, 0.717) is 13.1 Å². The van der Waals surface area contributed by atoms with Crippen LogP contribution in [0.2, 0.25) is 5.02 Å². The second-order valence-electron chi connectivity index (χ2n) is 7.60. The highest BCUT2D eigenvalue weighted by molar-refractivity contribution is 6.30. The van der Waals surface area contributed by atoms with E-state index in [1.807, 2.05) is 31.2 Å². The maximum absolute atomic E-state index is 13.1. The molecule has 1 amide bonds. The number of benzene rings is 2. The minimum Gasteiger partial charge on any atom is -0.369 e. The number of hydrogen-bond acceptors (Lipinski definition) is 4. The third-order valence-corrected chi connectivity index (χ3v) is 5.69. The lowest BCUT2D eigenvalue weighted by Gasteiger charge is -2.38. The van der Waals surface area contributed by atoms with E-state index in [1.54, 1.807) is 17.1 Å². The first-order valence-electron chi connectivity index (χ1n) is 10.0. The smallest absolute Gasteiger partial charge is 0.248 e. The first-order valence-corrected chi connectivity index (χ1v) is 10.4. The fourth-order valence-electron chi connectivity index (χ4n) is 3.72. The van der Waals surface area contributed by atoms with E-state index in [1.165, 1.54) is 12.1 Å². The zero-order chi connectivity index (χ0) is 21.1. The molecule has 0 saturated carbocycles. The van der Waals surface area contributed by atoms with Crippen molar-refractivity contribution in [2.24, 2.45) is 5.10 Å². The standard InChI is InChI=1S/C23H24ClFN4O/c1-17-19(13-18-5-7-21(25)8-6-18)14-23(30)29(26-17)16-27-9-11-28(12-10-27)22-4-2-3-20(24)15-22/h2-8,13,15H,9-12,14,16H2,1H3/b19-13-. The van der Waals surface area contributed by atoms with Crippen molar-refractivity contribution in [2.75, 3.05) is 37.7 Å². The molecule has 0 bridgehead atoms. The van der Waals surface area contributed by atoms with Gasteiger partial charge in [-0.1, -0.05) is 29.8 Å². The molecule has 30 heavy (non-hydrogen) atoms. The van der Waals surface area contributed by atoms with Gasteiger partial charge in [-0.2, -0.15) is 5.10 Å². The normalized spacial score (nSPS) is 19.4. The minimum atomic E-state index is -0.274. The fraction of sp³-hybridized carbons (Fsp3) is 0.304. The largest absolute Gasteiger partial charge is 0.369 e. The Bertz CT molecular complexity index is 981. The monoisotopic (exact) mass is 426 g/mol. The highest BCUT2D eigenvalue weighted by atomic mass is 35.5. The Hall–Kier alpha value is -2.70. The number of hydrogen-bond donors (Lipinski definition) is 0. The number of rotatable bonds is 4. The Balaban J connectivity index is 1.37. The predicted octanol–water partition coefficient (Wildman–Crippen LogP) is 4.25. The summed E-state index contributed by atoms with van der Waals surface area (Å²) < 4.78 is 13.1. The van der Waals surface area contributed by atoms with Crippen LogP contribution in [-0.2, 0) is 4.79 Å². The molecule has 2 heterocycles. The molecular weight excluding hydrogens is 403 g/mol. The minimum absolute atomic E-state index is 0.0220. The predicted molar refractivity (Wildman–Crippen MR) is 119 cm³/mol. The molecule has 0 radical (unpaired) electrons. The number of carbonyl (C=O) groups excluding carboxylic acids is 1. The topological polar surface area (TPSA) is 39.1 Å². The van der Waals surface area contributed by atoms with E-state index < -0.39 is 0 Å². The summed E-state index contributed by atoms with van der Waals surface area (Å²) in [6, 6.07) is 14.1. The van der Waals surface area contributed by atoms with Gasteiger partial charge in [0.1, 0.15) is 5.82 Å². The number of piperazine rings is 1. The van der Waals surface area contributed by atoms with Gasteiger partial charge in [0.25, 0.3) is 0 Å². The molecule has 0 atom stereocenters. The lowest BCUT2D eigenvalue weighted by atomic mass is 10.0. The lowest BCUT2D eigenvalue weighted by molar-refractivity contribution is -0.133. The van der Waals surface area contributed by atoms with Crippen molar-refractivity contribution in [3.63, 3.8) is 0 Å². The summed E-state index contributed by atoms with van der Waals surface area (Å²) in [6.45, 7) is 5.85. The van der Waals surface area contributed by atoms with E-state index in [4.69, 9.17) is 11.6 Å². The van der Waals surface area contributed by atoms with Crippen LogP contribution in [0.3, 0.4) is 0 Å². The van der Waals surface area contributed by atoms with E-state index in [-0.39, 0.29) is 11.7 Å². The quantitative estimate of drug-likeness (QED) is 0.733. The number of carbonyl (C=O) groups is 1. The summed E-state index contributed by atoms with van der Waals surface area (Å²) in [6.07, 6.45) is 2.20. The van der Waals surface area contributed by atoms with Gasteiger partial charge in [-0.25, -0.2) is 9.40 Å². The molecule has 7 heteroatoms. The third-order valence-electron chi connectivity index (χ3n) is 5.46. The second-order valence-corrected chi connectivity index (χ2v) is 8.04. The average molecular weight is 427 g/mol. The number of anilines is 1. The molecule has 0 N–H and O–H groups in total. The van der Waals surface area contributed by atoms with Crippen molar-refractivity contribution in [1.29, 1.82) is 0 Å². The van der Waals surface area contributed by atoms with Crippen LogP contribution in [-0.4, -0.2) is 54.4 Å². The summed E-state index contributed by atoms with van der Waals surface area (Å²) in [4.78, 5) is 17.2. The van der Waals surface area contributed by atoms with Crippen LogP contribution in [0.25, 0.3) is 6.08 Å². The van der Waals surface area contributed by atoms with Crippen molar-refractivity contribution < 1.29 is 9.18 Å². The van der Waals surface area contributed by atoms with E-state index in [0.717, 1.165) is 53.7 Å². The van der Waals surface area contributed by atoms with Gasteiger partial charge in [-0.05, 0) is 54.5 Å². The molecule has 2 aromatic rings. The number of amides is 1. The van der Waals surface area contributed by atoms with Gasteiger partial charge in [0.05, 0.1) is 18.8 Å². The molecule has 1 saturated heterocycles. The molecule has 2 aliphatic rings. The Morgan fingerprint density at radius 3 is 2.53 bits per heavy atom. The Labute approximate surface area is 181 Å². The van der Waals surface area contributed by atoms with Crippen molar-refractivity contribution in [2.45, 2.75) is 13.3 Å². The molecule has 1 fully saturated rings. The maximum Gasteiger partial charge on any atom is 0.248 e. The fourth-order valence-corrected chi connectivity index (χ4v) is 3.90. The molecule has 4 rings (SSSR count). The summed E-state index contributed by atoms with van der Waals surface area (Å²) in [5, 5.41) is 6.83. The molecule has 156 valence electrons. The van der Waals surface area contributed by atoms with Gasteiger partial charge in [-0.15, -0.1) is 0 Å². The number of hydrazone groups is 1. The molecule has 0 aliphatic carbocycles. The van der Waals surface area contributed by atoms with Gasteiger partial charge in [0.15, 0.2) is 0 Å². The van der Waals surface area contributed by atoms with Crippen molar-refractivity contribution in [3.05, 3.63) is 70.5 Å². The van der Waals surface area contributed by atoms with Crippen LogP contribution in [0.4, 0.5) is 10.1 Å². The van der Waals surface area contributed by atoms with Gasteiger partial charge >= 0.3 is 0 Å². The first kappa shape index (κ1) is 20.6. The average Bonchev–Trinajstić information content (AvgIpc) is 2.74. The van der Waals surface area contributed by atoms with E-state index in [9.17, 15) is 9.18 Å². The van der Waals surface area contributed by atoms with Crippen LogP contribution in [0.1, 0.15) is 18.9 Å². The molecular formula is C23H24ClFN4O. The second kappa shape index (κ2) is 8.98.